The lowest BCUT2D eigenvalue weighted by molar-refractivity contribution is -0.138. The lowest BCUT2D eigenvalue weighted by Crippen LogP contribution is -2.46. The van der Waals surface area contributed by atoms with E-state index in [-0.39, 0.29) is 23.7 Å². The molecule has 0 radical (unpaired) electrons. The van der Waals surface area contributed by atoms with E-state index >= 15 is 0 Å². The van der Waals surface area contributed by atoms with Crippen LogP contribution < -0.4 is 0 Å². The topological polar surface area (TPSA) is 31.4 Å². The highest BCUT2D eigenvalue weighted by molar-refractivity contribution is 7.09. The molecule has 0 saturated carbocycles. The number of rotatable bonds is 2. The van der Waals surface area contributed by atoms with Gasteiger partial charge in [0.1, 0.15) is 0 Å². The number of hydrogen-bond acceptors (Lipinski definition) is 4. The fraction of sp³-hybridized carbons (Fsp3) is 0.667. The smallest absolute Gasteiger partial charge is 0.0901 e. The van der Waals surface area contributed by atoms with Gasteiger partial charge in [-0.3, -0.25) is 0 Å². The van der Waals surface area contributed by atoms with Crippen LogP contribution in [0.5, 0.6) is 0 Å². The van der Waals surface area contributed by atoms with E-state index in [2.05, 4.69) is 77.1 Å². The molecular weight excluding hydrogens is 402 g/mol. The van der Waals surface area contributed by atoms with Crippen LogP contribution in [0.4, 0.5) is 0 Å². The SMILES string of the molecule is CC(=Cc1csc(C)n1)[C@@H]1C/C=C(\C)CC/C=C(\C)[C@H]2O[C@@H](CCO1)C(C)(C)C[C@H]2C. The number of nitrogens with zero attached hydrogens (tertiary/aromatic N) is 1. The van der Waals surface area contributed by atoms with Crippen LogP contribution in [0.2, 0.25) is 0 Å². The Hall–Kier alpha value is -1.23. The van der Waals surface area contributed by atoms with Gasteiger partial charge in [-0.15, -0.1) is 11.3 Å². The lowest BCUT2D eigenvalue weighted by atomic mass is 9.72. The number of aromatic nitrogens is 1. The van der Waals surface area contributed by atoms with Gasteiger partial charge in [-0.05, 0) is 88.4 Å². The summed E-state index contributed by atoms with van der Waals surface area (Å²) in [4.78, 5) is 4.61. The number of aryl methyl sites for hydroxylation is 1. The number of fused-ring (bicyclic) bond motifs is 2. The van der Waals surface area contributed by atoms with Gasteiger partial charge in [-0.1, -0.05) is 38.5 Å². The second kappa shape index (κ2) is 10.6. The molecule has 0 aromatic carbocycles. The van der Waals surface area contributed by atoms with Crippen LogP contribution in [0.15, 0.2) is 34.3 Å². The molecule has 31 heavy (non-hydrogen) atoms. The highest BCUT2D eigenvalue weighted by atomic mass is 32.1. The highest BCUT2D eigenvalue weighted by Crippen LogP contribution is 2.42. The minimum absolute atomic E-state index is 0.0820. The monoisotopic (exact) mass is 443 g/mol. The minimum Gasteiger partial charge on any atom is -0.373 e. The maximum absolute atomic E-state index is 6.71. The van der Waals surface area contributed by atoms with Gasteiger partial charge in [-0.25, -0.2) is 4.98 Å². The summed E-state index contributed by atoms with van der Waals surface area (Å²) in [5.41, 5.74) is 5.29. The van der Waals surface area contributed by atoms with Gasteiger partial charge in [0.25, 0.3) is 0 Å². The zero-order chi connectivity index (χ0) is 22.6. The summed E-state index contributed by atoms with van der Waals surface area (Å²) in [6.07, 6.45) is 12.7. The maximum Gasteiger partial charge on any atom is 0.0901 e. The van der Waals surface area contributed by atoms with Crippen molar-refractivity contribution in [3.05, 3.63) is 45.0 Å². The summed E-state index contributed by atoms with van der Waals surface area (Å²) in [5.74, 6) is 0.549. The van der Waals surface area contributed by atoms with Crippen molar-refractivity contribution in [2.24, 2.45) is 11.3 Å². The summed E-state index contributed by atoms with van der Waals surface area (Å²) in [5, 5.41) is 3.22. The second-order valence-electron chi connectivity index (χ2n) is 10.3. The molecule has 1 saturated heterocycles. The van der Waals surface area contributed by atoms with E-state index in [1.54, 1.807) is 11.3 Å². The average Bonchev–Trinajstić information content (AvgIpc) is 3.09. The Morgan fingerprint density at radius 3 is 2.71 bits per heavy atom. The fourth-order valence-electron chi connectivity index (χ4n) is 5.11. The molecule has 2 aliphatic heterocycles. The van der Waals surface area contributed by atoms with E-state index in [9.17, 15) is 0 Å². The van der Waals surface area contributed by atoms with Crippen molar-refractivity contribution in [1.82, 2.24) is 4.98 Å². The molecule has 2 bridgehead atoms. The zero-order valence-electron chi connectivity index (χ0n) is 20.5. The van der Waals surface area contributed by atoms with Gasteiger partial charge < -0.3 is 9.47 Å². The Morgan fingerprint density at radius 1 is 1.23 bits per heavy atom. The van der Waals surface area contributed by atoms with Crippen molar-refractivity contribution in [2.45, 2.75) is 98.9 Å². The molecule has 1 aromatic heterocycles. The standard InChI is InChI=1S/C27H41NO2S/c1-18-9-8-10-19(2)26-21(4)16-27(6,7)25(30-26)13-14-29-24(12-11-18)20(3)15-23-17-31-22(5)28-23/h10-11,15,17,21,24-26H,8-9,12-14,16H2,1-7H3/b18-11+,19-10+,20-15?/t21-,24+,25+,26-/m1/s1. The van der Waals surface area contributed by atoms with Crippen molar-refractivity contribution in [3.63, 3.8) is 0 Å². The first kappa shape index (κ1) is 24.4. The summed E-state index contributed by atoms with van der Waals surface area (Å²) in [7, 11) is 0. The third kappa shape index (κ3) is 6.63. The molecular formula is C27H41NO2S. The van der Waals surface area contributed by atoms with Gasteiger partial charge in [0, 0.05) is 12.0 Å². The quantitative estimate of drug-likeness (QED) is 0.443. The summed E-state index contributed by atoms with van der Waals surface area (Å²) in [6, 6.07) is 0. The van der Waals surface area contributed by atoms with Crippen LogP contribution in [0.1, 0.15) is 84.3 Å². The van der Waals surface area contributed by atoms with Crippen LogP contribution in [0.25, 0.3) is 6.08 Å². The van der Waals surface area contributed by atoms with Crippen molar-refractivity contribution in [3.8, 4) is 0 Å². The first-order valence-electron chi connectivity index (χ1n) is 11.9. The lowest BCUT2D eigenvalue weighted by Gasteiger charge is -2.46. The largest absolute Gasteiger partial charge is 0.373 e. The Balaban J connectivity index is 1.81. The molecule has 0 unspecified atom stereocenters. The van der Waals surface area contributed by atoms with Crippen LogP contribution in [0, 0.1) is 18.3 Å². The molecule has 3 heterocycles. The predicted octanol–water partition coefficient (Wildman–Crippen LogP) is 7.53. The third-order valence-corrected chi connectivity index (χ3v) is 7.69. The van der Waals surface area contributed by atoms with Gasteiger partial charge in [0.05, 0.1) is 29.0 Å². The number of thiazole rings is 1. The molecule has 0 N–H and O–H groups in total. The van der Waals surface area contributed by atoms with E-state index < -0.39 is 0 Å². The zero-order valence-corrected chi connectivity index (χ0v) is 21.3. The molecule has 3 rings (SSSR count). The molecule has 2 aliphatic rings. The first-order chi connectivity index (χ1) is 14.7. The molecule has 0 amide bonds. The van der Waals surface area contributed by atoms with Gasteiger partial charge in [0.15, 0.2) is 0 Å². The van der Waals surface area contributed by atoms with Crippen molar-refractivity contribution in [2.75, 3.05) is 6.61 Å². The molecule has 4 heteroatoms. The first-order valence-corrected chi connectivity index (χ1v) is 12.7. The van der Waals surface area contributed by atoms with Gasteiger partial charge in [-0.2, -0.15) is 0 Å². The van der Waals surface area contributed by atoms with Crippen LogP contribution in [-0.4, -0.2) is 29.9 Å². The molecule has 4 atom stereocenters. The second-order valence-corrected chi connectivity index (χ2v) is 11.4. The Morgan fingerprint density at radius 2 is 2.00 bits per heavy atom. The van der Waals surface area contributed by atoms with Crippen LogP contribution >= 0.6 is 11.3 Å². The van der Waals surface area contributed by atoms with Crippen LogP contribution in [-0.2, 0) is 9.47 Å². The Labute approximate surface area is 193 Å². The summed E-state index contributed by atoms with van der Waals surface area (Å²) in [6.45, 7) is 16.5. The molecule has 0 spiro atoms. The molecule has 172 valence electrons. The number of ether oxygens (including phenoxy) is 2. The van der Waals surface area contributed by atoms with Gasteiger partial charge >= 0.3 is 0 Å². The van der Waals surface area contributed by atoms with Crippen molar-refractivity contribution in [1.29, 1.82) is 0 Å². The van der Waals surface area contributed by atoms with E-state index in [1.807, 2.05) is 0 Å². The van der Waals surface area contributed by atoms with E-state index in [4.69, 9.17) is 9.47 Å². The van der Waals surface area contributed by atoms with Crippen molar-refractivity contribution < 1.29 is 9.47 Å². The number of allylic oxidation sites excluding steroid dienone is 2. The van der Waals surface area contributed by atoms with E-state index in [1.165, 1.54) is 23.1 Å². The fourth-order valence-corrected chi connectivity index (χ4v) is 5.68. The Bertz CT molecular complexity index is 832. The Kier molecular flexibility index (Phi) is 8.34. The van der Waals surface area contributed by atoms with Crippen LogP contribution in [0.3, 0.4) is 0 Å². The molecule has 0 aliphatic carbocycles. The van der Waals surface area contributed by atoms with E-state index in [0.717, 1.165) is 43.0 Å². The molecule has 1 aromatic rings. The van der Waals surface area contributed by atoms with Crippen molar-refractivity contribution >= 4 is 17.4 Å². The summed E-state index contributed by atoms with van der Waals surface area (Å²) < 4.78 is 13.2. The number of hydrogen-bond donors (Lipinski definition) is 0. The molecule has 1 fully saturated rings. The minimum atomic E-state index is 0.0820. The van der Waals surface area contributed by atoms with Gasteiger partial charge in [0.2, 0.25) is 0 Å². The average molecular weight is 444 g/mol. The summed E-state index contributed by atoms with van der Waals surface area (Å²) >= 11 is 1.70. The van der Waals surface area contributed by atoms with E-state index in [0.29, 0.717) is 5.92 Å². The molecule has 3 nitrogen and oxygen atoms in total. The maximum atomic E-state index is 6.71. The highest BCUT2D eigenvalue weighted by Gasteiger charge is 2.41. The normalized spacial score (nSPS) is 34.2. The predicted molar refractivity (Wildman–Crippen MR) is 132 cm³/mol. The third-order valence-electron chi connectivity index (χ3n) is 6.90.